The molecule has 0 aliphatic carbocycles. The lowest BCUT2D eigenvalue weighted by Crippen LogP contribution is -2.25. The Bertz CT molecular complexity index is 507. The standard InChI is InChI=1S/C9H14N2O4S2/c1-6-5-7(16-8(6)9(12)13)17(14,15)11-4-2-3-10/h5,11H,2-4,10H2,1H3,(H,12,13). The van der Waals surface area contributed by atoms with Crippen molar-refractivity contribution in [2.75, 3.05) is 13.1 Å². The number of aryl methyl sites for hydroxylation is 1. The highest BCUT2D eigenvalue weighted by Gasteiger charge is 2.20. The molecule has 4 N–H and O–H groups in total. The van der Waals surface area contributed by atoms with Crippen LogP contribution in [0.1, 0.15) is 21.7 Å². The fourth-order valence-corrected chi connectivity index (χ4v) is 3.67. The van der Waals surface area contributed by atoms with Crippen LogP contribution >= 0.6 is 11.3 Å². The van der Waals surface area contributed by atoms with E-state index in [0.717, 1.165) is 11.3 Å². The number of carboxylic acid groups (broad SMARTS) is 1. The summed E-state index contributed by atoms with van der Waals surface area (Å²) in [5, 5.41) is 8.84. The van der Waals surface area contributed by atoms with E-state index < -0.39 is 16.0 Å². The molecule has 0 atom stereocenters. The van der Waals surface area contributed by atoms with Crippen molar-refractivity contribution in [1.29, 1.82) is 0 Å². The third-order valence-corrected chi connectivity index (χ3v) is 5.19. The van der Waals surface area contributed by atoms with Gasteiger partial charge < -0.3 is 10.8 Å². The Morgan fingerprint density at radius 2 is 2.24 bits per heavy atom. The molecule has 0 aliphatic rings. The fraction of sp³-hybridized carbons (Fsp3) is 0.444. The van der Waals surface area contributed by atoms with E-state index in [0.29, 0.717) is 18.5 Å². The SMILES string of the molecule is Cc1cc(S(=O)(=O)NCCCN)sc1C(=O)O. The Kier molecular flexibility index (Phi) is 4.63. The Morgan fingerprint density at radius 3 is 2.71 bits per heavy atom. The van der Waals surface area contributed by atoms with E-state index in [1.807, 2.05) is 0 Å². The smallest absolute Gasteiger partial charge is 0.346 e. The van der Waals surface area contributed by atoms with Crippen LogP contribution in [-0.2, 0) is 10.0 Å². The van der Waals surface area contributed by atoms with Crippen molar-refractivity contribution in [1.82, 2.24) is 4.72 Å². The molecule has 1 aromatic rings. The van der Waals surface area contributed by atoms with Crippen molar-refractivity contribution in [3.63, 3.8) is 0 Å². The van der Waals surface area contributed by atoms with Gasteiger partial charge in [0.05, 0.1) is 0 Å². The minimum absolute atomic E-state index is 0.0180. The minimum atomic E-state index is -3.62. The van der Waals surface area contributed by atoms with E-state index in [4.69, 9.17) is 10.8 Å². The van der Waals surface area contributed by atoms with Gasteiger partial charge in [0, 0.05) is 6.54 Å². The summed E-state index contributed by atoms with van der Waals surface area (Å²) >= 11 is 0.751. The summed E-state index contributed by atoms with van der Waals surface area (Å²) in [5.74, 6) is -1.11. The molecule has 0 saturated heterocycles. The first kappa shape index (κ1) is 14.1. The van der Waals surface area contributed by atoms with Crippen LogP contribution in [0, 0.1) is 6.92 Å². The summed E-state index contributed by atoms with van der Waals surface area (Å²) in [7, 11) is -3.62. The average molecular weight is 278 g/mol. The second-order valence-electron chi connectivity index (χ2n) is 3.42. The van der Waals surface area contributed by atoms with Gasteiger partial charge in [0.1, 0.15) is 9.09 Å². The van der Waals surface area contributed by atoms with Gasteiger partial charge in [0.2, 0.25) is 10.0 Å². The number of thiophene rings is 1. The summed E-state index contributed by atoms with van der Waals surface area (Å²) in [6.07, 6.45) is 0.537. The molecule has 0 aliphatic heterocycles. The van der Waals surface area contributed by atoms with Gasteiger partial charge in [-0.05, 0) is 31.5 Å². The van der Waals surface area contributed by atoms with Crippen LogP contribution in [-0.4, -0.2) is 32.6 Å². The van der Waals surface area contributed by atoms with Crippen molar-refractivity contribution in [2.24, 2.45) is 5.73 Å². The first-order chi connectivity index (χ1) is 7.88. The molecule has 8 heteroatoms. The molecule has 0 bridgehead atoms. The molecular formula is C9H14N2O4S2. The third-order valence-electron chi connectivity index (χ3n) is 2.03. The van der Waals surface area contributed by atoms with Gasteiger partial charge in [-0.2, -0.15) is 0 Å². The van der Waals surface area contributed by atoms with Crippen LogP contribution in [0.25, 0.3) is 0 Å². The number of carboxylic acids is 1. The van der Waals surface area contributed by atoms with Crippen LogP contribution in [0.5, 0.6) is 0 Å². The maximum Gasteiger partial charge on any atom is 0.346 e. The van der Waals surface area contributed by atoms with E-state index in [9.17, 15) is 13.2 Å². The van der Waals surface area contributed by atoms with Gasteiger partial charge in [0.25, 0.3) is 0 Å². The lowest BCUT2D eigenvalue weighted by Gasteiger charge is -2.02. The number of hydrogen-bond acceptors (Lipinski definition) is 5. The van der Waals surface area contributed by atoms with Crippen molar-refractivity contribution >= 4 is 27.3 Å². The van der Waals surface area contributed by atoms with Crippen molar-refractivity contribution in [3.05, 3.63) is 16.5 Å². The molecule has 0 aromatic carbocycles. The first-order valence-corrected chi connectivity index (χ1v) is 7.22. The number of nitrogens with one attached hydrogen (secondary N) is 1. The number of hydrogen-bond donors (Lipinski definition) is 3. The van der Waals surface area contributed by atoms with Crippen LogP contribution in [0.2, 0.25) is 0 Å². The highest BCUT2D eigenvalue weighted by molar-refractivity contribution is 7.91. The topological polar surface area (TPSA) is 109 Å². The Morgan fingerprint density at radius 1 is 1.59 bits per heavy atom. The largest absolute Gasteiger partial charge is 0.477 e. The lowest BCUT2D eigenvalue weighted by atomic mass is 10.3. The predicted octanol–water partition coefficient (Wildman–Crippen LogP) is 0.382. The van der Waals surface area contributed by atoms with E-state index >= 15 is 0 Å². The van der Waals surface area contributed by atoms with Gasteiger partial charge >= 0.3 is 5.97 Å². The molecule has 1 heterocycles. The molecule has 1 aromatic heterocycles. The highest BCUT2D eigenvalue weighted by atomic mass is 32.2. The number of rotatable bonds is 6. The quantitative estimate of drug-likeness (QED) is 0.652. The van der Waals surface area contributed by atoms with Crippen molar-refractivity contribution in [3.8, 4) is 0 Å². The Balaban J connectivity index is 2.92. The number of sulfonamides is 1. The normalized spacial score (nSPS) is 11.6. The minimum Gasteiger partial charge on any atom is -0.477 e. The predicted molar refractivity (Wildman–Crippen MR) is 64.9 cm³/mol. The molecule has 6 nitrogen and oxygen atoms in total. The molecule has 1 rings (SSSR count). The van der Waals surface area contributed by atoms with Gasteiger partial charge in [-0.25, -0.2) is 17.9 Å². The van der Waals surface area contributed by atoms with Crippen LogP contribution in [0.15, 0.2) is 10.3 Å². The maximum absolute atomic E-state index is 11.8. The van der Waals surface area contributed by atoms with Crippen LogP contribution in [0.4, 0.5) is 0 Å². The van der Waals surface area contributed by atoms with E-state index in [1.165, 1.54) is 6.07 Å². The fourth-order valence-electron chi connectivity index (χ4n) is 1.18. The molecule has 96 valence electrons. The zero-order valence-electron chi connectivity index (χ0n) is 9.26. The molecule has 0 unspecified atom stereocenters. The molecule has 0 radical (unpaired) electrons. The lowest BCUT2D eigenvalue weighted by molar-refractivity contribution is 0.0701. The second-order valence-corrected chi connectivity index (χ2v) is 6.47. The Hall–Kier alpha value is -0.960. The van der Waals surface area contributed by atoms with Crippen LogP contribution < -0.4 is 10.5 Å². The molecule has 0 fully saturated rings. The van der Waals surface area contributed by atoms with Gasteiger partial charge in [-0.15, -0.1) is 11.3 Å². The second kappa shape index (κ2) is 5.58. The maximum atomic E-state index is 11.8. The summed E-state index contributed by atoms with van der Waals surface area (Å²) < 4.78 is 25.9. The van der Waals surface area contributed by atoms with Crippen molar-refractivity contribution < 1.29 is 18.3 Å². The monoisotopic (exact) mass is 278 g/mol. The zero-order valence-corrected chi connectivity index (χ0v) is 10.9. The van der Waals surface area contributed by atoms with Gasteiger partial charge in [0.15, 0.2) is 0 Å². The van der Waals surface area contributed by atoms with Gasteiger partial charge in [-0.3, -0.25) is 0 Å². The Labute approximate surface area is 104 Å². The third kappa shape index (κ3) is 3.50. The first-order valence-electron chi connectivity index (χ1n) is 4.92. The molecule has 0 spiro atoms. The van der Waals surface area contributed by atoms with E-state index in [-0.39, 0.29) is 15.6 Å². The molecule has 17 heavy (non-hydrogen) atoms. The van der Waals surface area contributed by atoms with Crippen LogP contribution in [0.3, 0.4) is 0 Å². The van der Waals surface area contributed by atoms with Gasteiger partial charge in [-0.1, -0.05) is 0 Å². The number of nitrogens with two attached hydrogens (primary N) is 1. The highest BCUT2D eigenvalue weighted by Crippen LogP contribution is 2.25. The van der Waals surface area contributed by atoms with E-state index in [2.05, 4.69) is 4.72 Å². The molecular weight excluding hydrogens is 264 g/mol. The average Bonchev–Trinajstić information content (AvgIpc) is 2.61. The molecule has 0 saturated carbocycles. The summed E-state index contributed by atoms with van der Waals surface area (Å²) in [5.41, 5.74) is 5.70. The van der Waals surface area contributed by atoms with E-state index in [1.54, 1.807) is 6.92 Å². The zero-order chi connectivity index (χ0) is 13.1. The summed E-state index contributed by atoms with van der Waals surface area (Å²) in [6.45, 7) is 2.21. The summed E-state index contributed by atoms with van der Waals surface area (Å²) in [4.78, 5) is 10.8. The number of aromatic carboxylic acids is 1. The molecule has 0 amide bonds. The number of carbonyl (C=O) groups is 1. The summed E-state index contributed by atoms with van der Waals surface area (Å²) in [6, 6.07) is 1.36. The van der Waals surface area contributed by atoms with Crippen molar-refractivity contribution in [2.45, 2.75) is 17.6 Å².